The van der Waals surface area contributed by atoms with Crippen LogP contribution in [0.4, 0.5) is 13.2 Å². The van der Waals surface area contributed by atoms with Crippen LogP contribution in [0.1, 0.15) is 72.4 Å². The fourth-order valence-electron chi connectivity index (χ4n) is 6.46. The lowest BCUT2D eigenvalue weighted by molar-refractivity contribution is -0.135. The Morgan fingerprint density at radius 2 is 2.16 bits per heavy atom. The molecule has 206 valence electrons. The van der Waals surface area contributed by atoms with Crippen LogP contribution >= 0.6 is 11.3 Å². The maximum atomic E-state index is 13.7. The lowest BCUT2D eigenvalue weighted by Crippen LogP contribution is -2.50. The van der Waals surface area contributed by atoms with Crippen LogP contribution in [-0.4, -0.2) is 52.2 Å². The molecule has 2 fully saturated rings. The first-order chi connectivity index (χ1) is 17.7. The number of alkyl halides is 3. The SMILES string of the molecule is CCC(CC1CCOC1)Cn1cc(CN2CC[C@]3(C[C@@H]2C)OCCc2c3sc(C(F)(F)F)c2CO)cn1. The van der Waals surface area contributed by atoms with Crippen molar-refractivity contribution in [1.29, 1.82) is 0 Å². The molecule has 0 aliphatic carbocycles. The Labute approximate surface area is 220 Å². The standard InChI is InChI=1S/C27H38F3N3O3S/c1-3-19(10-20-4-8-35-17-20)14-33-15-21(12-31-33)13-32-7-6-26(11-18(32)2)24-22(5-9-36-26)23(16-34)25(37-24)27(28,29)30/h12,15,18-20,34H,3-11,13-14,16-17H2,1-2H3/t18-,19?,20?,26+/m0/s1. The Hall–Kier alpha value is -1.46. The van der Waals surface area contributed by atoms with E-state index in [2.05, 4.69) is 34.7 Å². The van der Waals surface area contributed by atoms with Crippen molar-refractivity contribution in [3.8, 4) is 0 Å². The third-order valence-corrected chi connectivity index (χ3v) is 10.0. The van der Waals surface area contributed by atoms with Gasteiger partial charge in [-0.2, -0.15) is 18.3 Å². The average molecular weight is 542 g/mol. The highest BCUT2D eigenvalue weighted by atomic mass is 32.1. The maximum absolute atomic E-state index is 13.7. The summed E-state index contributed by atoms with van der Waals surface area (Å²) in [5.41, 5.74) is 1.15. The molecule has 4 atom stereocenters. The molecule has 2 aromatic rings. The van der Waals surface area contributed by atoms with E-state index >= 15 is 0 Å². The van der Waals surface area contributed by atoms with Gasteiger partial charge in [-0.3, -0.25) is 9.58 Å². The first kappa shape index (κ1) is 27.1. The van der Waals surface area contributed by atoms with Crippen LogP contribution in [0.3, 0.4) is 0 Å². The summed E-state index contributed by atoms with van der Waals surface area (Å²) in [6.07, 6.45) is 4.78. The van der Waals surface area contributed by atoms with E-state index in [9.17, 15) is 18.3 Å². The van der Waals surface area contributed by atoms with Crippen LogP contribution in [-0.2, 0) is 47.4 Å². The van der Waals surface area contributed by atoms with E-state index in [0.29, 0.717) is 48.1 Å². The van der Waals surface area contributed by atoms with Crippen molar-refractivity contribution in [2.75, 3.05) is 26.4 Å². The monoisotopic (exact) mass is 541 g/mol. The van der Waals surface area contributed by atoms with Crippen molar-refractivity contribution in [3.63, 3.8) is 0 Å². The van der Waals surface area contributed by atoms with Crippen LogP contribution < -0.4 is 0 Å². The van der Waals surface area contributed by atoms with Gasteiger partial charge < -0.3 is 14.6 Å². The molecule has 3 aliphatic heterocycles. The fraction of sp³-hybridized carbons (Fsp3) is 0.741. The smallest absolute Gasteiger partial charge is 0.392 e. The van der Waals surface area contributed by atoms with E-state index < -0.39 is 23.3 Å². The molecule has 1 spiro atoms. The molecule has 0 saturated carbocycles. The summed E-state index contributed by atoms with van der Waals surface area (Å²) in [5.74, 6) is 1.25. The Balaban J connectivity index is 1.24. The van der Waals surface area contributed by atoms with Crippen molar-refractivity contribution >= 4 is 11.3 Å². The molecule has 10 heteroatoms. The summed E-state index contributed by atoms with van der Waals surface area (Å²) < 4.78 is 55.0. The Morgan fingerprint density at radius 1 is 1.32 bits per heavy atom. The number of aromatic nitrogens is 2. The van der Waals surface area contributed by atoms with Gasteiger partial charge >= 0.3 is 6.18 Å². The summed E-state index contributed by atoms with van der Waals surface area (Å²) in [7, 11) is 0. The second-order valence-electron chi connectivity index (χ2n) is 11.0. The van der Waals surface area contributed by atoms with E-state index in [-0.39, 0.29) is 11.6 Å². The van der Waals surface area contributed by atoms with E-state index in [1.165, 1.54) is 6.42 Å². The van der Waals surface area contributed by atoms with Crippen molar-refractivity contribution in [2.24, 2.45) is 11.8 Å². The highest BCUT2D eigenvalue weighted by Crippen LogP contribution is 2.51. The van der Waals surface area contributed by atoms with Crippen LogP contribution in [0.2, 0.25) is 0 Å². The number of fused-ring (bicyclic) bond motifs is 2. The lowest BCUT2D eigenvalue weighted by Gasteiger charge is -2.47. The van der Waals surface area contributed by atoms with Gasteiger partial charge in [-0.15, -0.1) is 11.3 Å². The molecule has 6 nitrogen and oxygen atoms in total. The van der Waals surface area contributed by atoms with Gasteiger partial charge in [0.05, 0.1) is 19.4 Å². The Bertz CT molecular complexity index is 1070. The molecule has 2 saturated heterocycles. The van der Waals surface area contributed by atoms with Gasteiger partial charge in [0.2, 0.25) is 0 Å². The number of hydrogen-bond acceptors (Lipinski definition) is 6. The Morgan fingerprint density at radius 3 is 2.84 bits per heavy atom. The topological polar surface area (TPSA) is 59.8 Å². The predicted octanol–water partition coefficient (Wildman–Crippen LogP) is 5.36. The predicted molar refractivity (Wildman–Crippen MR) is 135 cm³/mol. The number of nitrogens with zero attached hydrogens (tertiary/aromatic N) is 3. The first-order valence-corrected chi connectivity index (χ1v) is 14.3. The molecular weight excluding hydrogens is 503 g/mol. The minimum absolute atomic E-state index is 0.0449. The molecule has 0 bridgehead atoms. The number of ether oxygens (including phenoxy) is 2. The normalized spacial score (nSPS) is 27.6. The molecule has 5 heterocycles. The van der Waals surface area contributed by atoms with E-state index in [0.717, 1.165) is 62.6 Å². The van der Waals surface area contributed by atoms with Crippen molar-refractivity contribution in [2.45, 2.75) is 89.9 Å². The number of halogens is 3. The third-order valence-electron chi connectivity index (χ3n) is 8.51. The van der Waals surface area contributed by atoms with Gasteiger partial charge in [-0.05, 0) is 56.4 Å². The number of aliphatic hydroxyl groups is 1. The van der Waals surface area contributed by atoms with Crippen LogP contribution in [0.15, 0.2) is 12.4 Å². The molecule has 5 rings (SSSR count). The number of thiophene rings is 1. The number of likely N-dealkylation sites (tertiary alicyclic amines) is 1. The van der Waals surface area contributed by atoms with E-state index in [4.69, 9.17) is 9.47 Å². The number of piperidine rings is 1. The van der Waals surface area contributed by atoms with Crippen molar-refractivity contribution in [1.82, 2.24) is 14.7 Å². The number of rotatable bonds is 8. The minimum Gasteiger partial charge on any atom is -0.392 e. The van der Waals surface area contributed by atoms with Crippen LogP contribution in [0.25, 0.3) is 0 Å². The lowest BCUT2D eigenvalue weighted by atomic mass is 9.81. The second-order valence-corrected chi connectivity index (χ2v) is 12.1. The summed E-state index contributed by atoms with van der Waals surface area (Å²) in [6, 6.07) is 0.142. The molecule has 1 N–H and O–H groups in total. The zero-order valence-electron chi connectivity index (χ0n) is 21.7. The number of aliphatic hydroxyl groups excluding tert-OH is 1. The summed E-state index contributed by atoms with van der Waals surface area (Å²) in [4.78, 5) is 2.38. The van der Waals surface area contributed by atoms with Gasteiger partial charge in [0.1, 0.15) is 10.5 Å². The zero-order chi connectivity index (χ0) is 26.2. The van der Waals surface area contributed by atoms with Crippen molar-refractivity contribution < 1.29 is 27.8 Å². The van der Waals surface area contributed by atoms with Gasteiger partial charge in [0, 0.05) is 61.1 Å². The maximum Gasteiger partial charge on any atom is 0.425 e. The average Bonchev–Trinajstić information content (AvgIpc) is 3.61. The van der Waals surface area contributed by atoms with Gasteiger partial charge in [0.25, 0.3) is 0 Å². The Kier molecular flexibility index (Phi) is 8.03. The highest BCUT2D eigenvalue weighted by Gasteiger charge is 2.48. The molecule has 0 radical (unpaired) electrons. The molecule has 37 heavy (non-hydrogen) atoms. The zero-order valence-corrected chi connectivity index (χ0v) is 22.5. The quantitative estimate of drug-likeness (QED) is 0.488. The number of hydrogen-bond donors (Lipinski definition) is 1. The summed E-state index contributed by atoms with van der Waals surface area (Å²) in [5, 5.41) is 14.4. The highest BCUT2D eigenvalue weighted by molar-refractivity contribution is 7.12. The summed E-state index contributed by atoms with van der Waals surface area (Å²) in [6.45, 7) is 8.34. The molecule has 0 aromatic carbocycles. The van der Waals surface area contributed by atoms with Gasteiger partial charge in [0.15, 0.2) is 0 Å². The second kappa shape index (κ2) is 11.0. The van der Waals surface area contributed by atoms with Crippen molar-refractivity contribution in [3.05, 3.63) is 38.8 Å². The van der Waals surface area contributed by atoms with E-state index in [1.807, 2.05) is 6.20 Å². The molecule has 3 aliphatic rings. The molecule has 2 aromatic heterocycles. The van der Waals surface area contributed by atoms with Crippen LogP contribution in [0.5, 0.6) is 0 Å². The summed E-state index contributed by atoms with van der Waals surface area (Å²) >= 11 is 0.779. The minimum atomic E-state index is -4.46. The first-order valence-electron chi connectivity index (χ1n) is 13.5. The molecule has 2 unspecified atom stereocenters. The molecular formula is C27H38F3N3O3S. The molecule has 0 amide bonds. The third kappa shape index (κ3) is 5.64. The van der Waals surface area contributed by atoms with Gasteiger partial charge in [-0.1, -0.05) is 13.3 Å². The van der Waals surface area contributed by atoms with Gasteiger partial charge in [-0.25, -0.2) is 0 Å². The largest absolute Gasteiger partial charge is 0.425 e. The van der Waals surface area contributed by atoms with E-state index in [1.54, 1.807) is 0 Å². The fourth-order valence-corrected chi connectivity index (χ4v) is 7.87. The van der Waals surface area contributed by atoms with Crippen LogP contribution in [0, 0.1) is 11.8 Å².